The van der Waals surface area contributed by atoms with Crippen LogP contribution in [-0.2, 0) is 0 Å². The Labute approximate surface area is 142 Å². The molecule has 130 valence electrons. The van der Waals surface area contributed by atoms with Crippen LogP contribution in [0.1, 0.15) is 37.0 Å². The molecule has 1 atom stereocenters. The number of aliphatic hydroxyl groups is 1. The van der Waals surface area contributed by atoms with Crippen LogP contribution in [0.5, 0.6) is 0 Å². The van der Waals surface area contributed by atoms with E-state index in [0.29, 0.717) is 24.4 Å². The van der Waals surface area contributed by atoms with Crippen LogP contribution in [0.4, 0.5) is 4.39 Å². The highest BCUT2D eigenvalue weighted by Gasteiger charge is 2.16. The van der Waals surface area contributed by atoms with E-state index in [1.54, 1.807) is 24.5 Å². The van der Waals surface area contributed by atoms with Crippen LogP contribution < -0.4 is 5.32 Å². The second-order valence-corrected chi connectivity index (χ2v) is 6.51. The van der Waals surface area contributed by atoms with Gasteiger partial charge in [0.1, 0.15) is 5.82 Å². The number of hydrogen-bond donors (Lipinski definition) is 3. The van der Waals surface area contributed by atoms with Crippen molar-refractivity contribution in [3.63, 3.8) is 0 Å². The van der Waals surface area contributed by atoms with Crippen molar-refractivity contribution in [2.75, 3.05) is 13.2 Å². The van der Waals surface area contributed by atoms with Gasteiger partial charge in [-0.1, -0.05) is 26.0 Å². The van der Waals surface area contributed by atoms with Crippen LogP contribution in [0.15, 0.2) is 36.7 Å². The topological polar surface area (TPSA) is 65.1 Å². The Bertz CT molecular complexity index is 650. The summed E-state index contributed by atoms with van der Waals surface area (Å²) >= 11 is 0. The fourth-order valence-electron chi connectivity index (χ4n) is 2.90. The molecular weight excluding hydrogens is 307 g/mol. The minimum Gasteiger partial charge on any atom is -0.396 e. The van der Waals surface area contributed by atoms with Crippen molar-refractivity contribution in [3.8, 4) is 11.1 Å². The van der Waals surface area contributed by atoms with E-state index in [4.69, 9.17) is 5.11 Å². The van der Waals surface area contributed by atoms with Crippen LogP contribution in [0.25, 0.3) is 11.1 Å². The lowest BCUT2D eigenvalue weighted by Crippen LogP contribution is -2.30. The smallest absolute Gasteiger partial charge is 0.253 e. The molecule has 1 amide bonds. The van der Waals surface area contributed by atoms with E-state index in [-0.39, 0.29) is 24.2 Å². The number of aromatic amines is 1. The first-order valence-electron chi connectivity index (χ1n) is 8.33. The van der Waals surface area contributed by atoms with Crippen molar-refractivity contribution in [1.29, 1.82) is 0 Å². The molecule has 4 nitrogen and oxygen atoms in total. The second kappa shape index (κ2) is 8.64. The molecule has 3 N–H and O–H groups in total. The zero-order valence-electron chi connectivity index (χ0n) is 14.2. The van der Waals surface area contributed by atoms with Gasteiger partial charge in [-0.15, -0.1) is 0 Å². The predicted octanol–water partition coefficient (Wildman–Crippen LogP) is 3.60. The molecule has 0 fully saturated rings. The Morgan fingerprint density at radius 1 is 1.25 bits per heavy atom. The Morgan fingerprint density at radius 2 is 1.96 bits per heavy atom. The molecule has 0 aliphatic carbocycles. The van der Waals surface area contributed by atoms with Gasteiger partial charge in [-0.3, -0.25) is 4.79 Å². The van der Waals surface area contributed by atoms with Gasteiger partial charge >= 0.3 is 0 Å². The number of aromatic nitrogens is 1. The number of carbonyl (C=O) groups excluding carboxylic acids is 1. The number of aliphatic hydroxyl groups excluding tert-OH is 1. The normalized spacial score (nSPS) is 12.4. The molecule has 0 aliphatic rings. The standard InChI is InChI=1S/C19H25FN2O2/c1-13(2)9-14(7-8-23)10-22-19(24)18-12-21-11-17(18)15-3-5-16(20)6-4-15/h3-6,11-14,21,23H,7-10H2,1-2H3,(H,22,24). The molecule has 1 aromatic heterocycles. The summed E-state index contributed by atoms with van der Waals surface area (Å²) in [6, 6.07) is 6.07. The Hall–Kier alpha value is -2.14. The highest BCUT2D eigenvalue weighted by atomic mass is 19.1. The molecule has 1 aromatic carbocycles. The Kier molecular flexibility index (Phi) is 6.55. The molecule has 2 aromatic rings. The average molecular weight is 332 g/mol. The summed E-state index contributed by atoms with van der Waals surface area (Å²) in [5, 5.41) is 12.1. The molecule has 0 saturated carbocycles. The lowest BCUT2D eigenvalue weighted by atomic mass is 9.94. The van der Waals surface area contributed by atoms with Crippen LogP contribution in [0.3, 0.4) is 0 Å². The molecule has 2 rings (SSSR count). The summed E-state index contributed by atoms with van der Waals surface area (Å²) in [7, 11) is 0. The van der Waals surface area contributed by atoms with E-state index in [9.17, 15) is 9.18 Å². The summed E-state index contributed by atoms with van der Waals surface area (Å²) in [6.45, 7) is 4.92. The van der Waals surface area contributed by atoms with E-state index < -0.39 is 0 Å². The summed E-state index contributed by atoms with van der Waals surface area (Å²) in [6.07, 6.45) is 5.02. The maximum absolute atomic E-state index is 13.1. The van der Waals surface area contributed by atoms with Gasteiger partial charge in [-0.05, 0) is 42.4 Å². The number of rotatable bonds is 8. The summed E-state index contributed by atoms with van der Waals surface area (Å²) < 4.78 is 13.1. The number of carbonyl (C=O) groups is 1. The van der Waals surface area contributed by atoms with Crippen LogP contribution in [0.2, 0.25) is 0 Å². The van der Waals surface area contributed by atoms with Gasteiger partial charge in [0.15, 0.2) is 0 Å². The maximum Gasteiger partial charge on any atom is 0.253 e. The number of H-pyrrole nitrogens is 1. The molecule has 1 unspecified atom stereocenters. The van der Waals surface area contributed by atoms with Gasteiger partial charge < -0.3 is 15.4 Å². The minimum atomic E-state index is -0.305. The van der Waals surface area contributed by atoms with Gasteiger partial charge in [0.2, 0.25) is 0 Å². The van der Waals surface area contributed by atoms with E-state index in [1.165, 1.54) is 12.1 Å². The first-order chi connectivity index (χ1) is 11.5. The van der Waals surface area contributed by atoms with E-state index >= 15 is 0 Å². The monoisotopic (exact) mass is 332 g/mol. The maximum atomic E-state index is 13.1. The zero-order chi connectivity index (χ0) is 17.5. The van der Waals surface area contributed by atoms with Crippen molar-refractivity contribution in [2.45, 2.75) is 26.7 Å². The number of nitrogens with one attached hydrogen (secondary N) is 2. The largest absolute Gasteiger partial charge is 0.396 e. The van der Waals surface area contributed by atoms with Crippen LogP contribution >= 0.6 is 0 Å². The molecule has 1 heterocycles. The van der Waals surface area contributed by atoms with Gasteiger partial charge in [-0.2, -0.15) is 0 Å². The lowest BCUT2D eigenvalue weighted by Gasteiger charge is -2.18. The summed E-state index contributed by atoms with van der Waals surface area (Å²) in [5.74, 6) is 0.302. The first kappa shape index (κ1) is 18.2. The highest BCUT2D eigenvalue weighted by molar-refractivity contribution is 6.00. The molecule has 0 bridgehead atoms. The third-order valence-electron chi connectivity index (χ3n) is 4.04. The molecular formula is C19H25FN2O2. The van der Waals surface area contributed by atoms with E-state index in [2.05, 4.69) is 24.1 Å². The van der Waals surface area contributed by atoms with E-state index in [0.717, 1.165) is 17.5 Å². The highest BCUT2D eigenvalue weighted by Crippen LogP contribution is 2.24. The number of hydrogen-bond acceptors (Lipinski definition) is 2. The number of benzene rings is 1. The number of halogens is 1. The number of amides is 1. The second-order valence-electron chi connectivity index (χ2n) is 6.51. The third-order valence-corrected chi connectivity index (χ3v) is 4.04. The molecule has 0 spiro atoms. The van der Waals surface area contributed by atoms with Crippen molar-refractivity contribution < 1.29 is 14.3 Å². The van der Waals surface area contributed by atoms with Gasteiger partial charge in [-0.25, -0.2) is 4.39 Å². The van der Waals surface area contributed by atoms with Crippen molar-refractivity contribution >= 4 is 5.91 Å². The fraction of sp³-hybridized carbons (Fsp3) is 0.421. The SMILES string of the molecule is CC(C)CC(CCO)CNC(=O)c1c[nH]cc1-c1ccc(F)cc1. The first-order valence-corrected chi connectivity index (χ1v) is 8.33. The van der Waals surface area contributed by atoms with Crippen LogP contribution in [-0.4, -0.2) is 29.1 Å². The Morgan fingerprint density at radius 3 is 2.58 bits per heavy atom. The zero-order valence-corrected chi connectivity index (χ0v) is 14.2. The minimum absolute atomic E-state index is 0.123. The molecule has 0 aliphatic heterocycles. The van der Waals surface area contributed by atoms with Crippen molar-refractivity contribution in [1.82, 2.24) is 10.3 Å². The van der Waals surface area contributed by atoms with Gasteiger partial charge in [0.05, 0.1) is 5.56 Å². The van der Waals surface area contributed by atoms with Crippen LogP contribution in [0, 0.1) is 17.7 Å². The fourth-order valence-corrected chi connectivity index (χ4v) is 2.90. The molecule has 5 heteroatoms. The third kappa shape index (κ3) is 4.93. The summed E-state index contributed by atoms with van der Waals surface area (Å²) in [5.41, 5.74) is 2.07. The van der Waals surface area contributed by atoms with Crippen molar-refractivity contribution in [2.24, 2.45) is 11.8 Å². The van der Waals surface area contributed by atoms with Crippen molar-refractivity contribution in [3.05, 3.63) is 48.0 Å². The quantitative estimate of drug-likeness (QED) is 0.691. The molecule has 24 heavy (non-hydrogen) atoms. The molecule has 0 radical (unpaired) electrons. The average Bonchev–Trinajstić information content (AvgIpc) is 3.02. The molecule has 0 saturated heterocycles. The van der Waals surface area contributed by atoms with Gasteiger partial charge in [0.25, 0.3) is 5.91 Å². The lowest BCUT2D eigenvalue weighted by molar-refractivity contribution is 0.0942. The Balaban J connectivity index is 2.05. The summed E-state index contributed by atoms with van der Waals surface area (Å²) in [4.78, 5) is 15.4. The van der Waals surface area contributed by atoms with Gasteiger partial charge in [0, 0.05) is 31.1 Å². The van der Waals surface area contributed by atoms with E-state index in [1.807, 2.05) is 0 Å². The predicted molar refractivity (Wildman–Crippen MR) is 93.2 cm³/mol.